The lowest BCUT2D eigenvalue weighted by atomic mass is 10.1. The number of carbonyl (C=O) groups is 2. The van der Waals surface area contributed by atoms with Gasteiger partial charge in [-0.05, 0) is 27.2 Å². The Balaban J connectivity index is 4.21. The number of hydrogen-bond donors (Lipinski definition) is 1. The maximum Gasteiger partial charge on any atom is 0.329 e. The summed E-state index contributed by atoms with van der Waals surface area (Å²) >= 11 is 0. The van der Waals surface area contributed by atoms with Gasteiger partial charge >= 0.3 is 5.97 Å². The molecule has 0 saturated heterocycles. The molecule has 1 amide bonds. The van der Waals surface area contributed by atoms with Crippen molar-refractivity contribution in [3.63, 3.8) is 0 Å². The number of hydrogen-bond acceptors (Lipinski definition) is 3. The molecule has 0 radical (unpaired) electrons. The highest BCUT2D eigenvalue weighted by Crippen LogP contribution is 2.11. The van der Waals surface area contributed by atoms with Gasteiger partial charge in [0.1, 0.15) is 11.6 Å². The molecule has 0 aromatic heterocycles. The van der Waals surface area contributed by atoms with Crippen LogP contribution in [0.5, 0.6) is 0 Å². The van der Waals surface area contributed by atoms with E-state index in [1.54, 1.807) is 0 Å². The first-order valence-electron chi connectivity index (χ1n) is 5.33. The monoisotopic (exact) mass is 215 g/mol. The van der Waals surface area contributed by atoms with Crippen molar-refractivity contribution in [2.45, 2.75) is 58.6 Å². The first-order chi connectivity index (χ1) is 6.90. The van der Waals surface area contributed by atoms with E-state index in [4.69, 9.17) is 4.74 Å². The highest BCUT2D eigenvalue weighted by atomic mass is 16.6. The van der Waals surface area contributed by atoms with Crippen molar-refractivity contribution in [3.8, 4) is 0 Å². The van der Waals surface area contributed by atoms with E-state index < -0.39 is 11.6 Å². The topological polar surface area (TPSA) is 55.4 Å². The van der Waals surface area contributed by atoms with Gasteiger partial charge in [-0.1, -0.05) is 19.8 Å². The van der Waals surface area contributed by atoms with Gasteiger partial charge in [0.2, 0.25) is 6.41 Å². The molecule has 0 aromatic rings. The number of amides is 1. The molecule has 0 spiro atoms. The van der Waals surface area contributed by atoms with Crippen molar-refractivity contribution in [1.29, 1.82) is 0 Å². The predicted molar refractivity (Wildman–Crippen MR) is 58.4 cm³/mol. The lowest BCUT2D eigenvalue weighted by Crippen LogP contribution is -2.40. The molecule has 0 rings (SSSR count). The van der Waals surface area contributed by atoms with E-state index in [2.05, 4.69) is 5.32 Å². The first-order valence-corrected chi connectivity index (χ1v) is 5.33. The molecule has 0 bridgehead atoms. The van der Waals surface area contributed by atoms with Crippen LogP contribution < -0.4 is 5.32 Å². The van der Waals surface area contributed by atoms with Gasteiger partial charge in [0.15, 0.2) is 0 Å². The molecule has 0 aliphatic heterocycles. The largest absolute Gasteiger partial charge is 0.458 e. The Labute approximate surface area is 91.4 Å². The Morgan fingerprint density at radius 1 is 1.47 bits per heavy atom. The van der Waals surface area contributed by atoms with Crippen LogP contribution in [0.1, 0.15) is 47.0 Å². The van der Waals surface area contributed by atoms with Crippen LogP contribution in [0.15, 0.2) is 0 Å². The summed E-state index contributed by atoms with van der Waals surface area (Å²) in [6.45, 7) is 7.46. The maximum absolute atomic E-state index is 11.6. The Morgan fingerprint density at radius 3 is 2.47 bits per heavy atom. The van der Waals surface area contributed by atoms with Crippen LogP contribution in [0.4, 0.5) is 0 Å². The highest BCUT2D eigenvalue weighted by Gasteiger charge is 2.23. The number of carbonyl (C=O) groups excluding carboxylic acids is 2. The van der Waals surface area contributed by atoms with E-state index >= 15 is 0 Å². The average Bonchev–Trinajstić information content (AvgIpc) is 2.09. The summed E-state index contributed by atoms with van der Waals surface area (Å²) in [5.74, 6) is -0.358. The lowest BCUT2D eigenvalue weighted by molar-refractivity contribution is -0.158. The van der Waals surface area contributed by atoms with Gasteiger partial charge < -0.3 is 10.1 Å². The standard InChI is InChI=1S/C11H21NO3/c1-5-6-7-9(12-8-13)10(14)15-11(2,3)4/h8-9H,5-7H2,1-4H3,(H,12,13)/t9-/m0/s1. The van der Waals surface area contributed by atoms with Crippen molar-refractivity contribution in [1.82, 2.24) is 5.32 Å². The molecule has 4 nitrogen and oxygen atoms in total. The van der Waals surface area contributed by atoms with E-state index in [0.717, 1.165) is 12.8 Å². The number of rotatable bonds is 6. The molecular weight excluding hydrogens is 194 g/mol. The molecule has 1 atom stereocenters. The Bertz CT molecular complexity index is 208. The minimum Gasteiger partial charge on any atom is -0.458 e. The van der Waals surface area contributed by atoms with E-state index in [1.165, 1.54) is 0 Å². The Kier molecular flexibility index (Phi) is 5.97. The fourth-order valence-electron chi connectivity index (χ4n) is 1.13. The minimum atomic E-state index is -0.512. The number of unbranched alkanes of at least 4 members (excludes halogenated alkanes) is 1. The smallest absolute Gasteiger partial charge is 0.329 e. The van der Waals surface area contributed by atoms with Gasteiger partial charge in [0.05, 0.1) is 0 Å². The lowest BCUT2D eigenvalue weighted by Gasteiger charge is -2.23. The minimum absolute atomic E-state index is 0.358. The second-order valence-corrected chi connectivity index (χ2v) is 4.51. The summed E-state index contributed by atoms with van der Waals surface area (Å²) in [7, 11) is 0. The van der Waals surface area contributed by atoms with Crippen molar-refractivity contribution >= 4 is 12.4 Å². The zero-order chi connectivity index (χ0) is 11.9. The second kappa shape index (κ2) is 6.43. The third kappa shape index (κ3) is 6.94. The predicted octanol–water partition coefficient (Wildman–Crippen LogP) is 1.63. The van der Waals surface area contributed by atoms with Crippen LogP contribution in [0.25, 0.3) is 0 Å². The highest BCUT2D eigenvalue weighted by molar-refractivity contribution is 5.78. The van der Waals surface area contributed by atoms with Crippen LogP contribution in [-0.4, -0.2) is 24.0 Å². The van der Waals surface area contributed by atoms with Crippen molar-refractivity contribution in [2.75, 3.05) is 0 Å². The van der Waals surface area contributed by atoms with Gasteiger partial charge in [0.25, 0.3) is 0 Å². The Morgan fingerprint density at radius 2 is 2.07 bits per heavy atom. The SMILES string of the molecule is CCCC[C@H](NC=O)C(=O)OC(C)(C)C. The molecule has 88 valence electrons. The van der Waals surface area contributed by atoms with E-state index in [-0.39, 0.29) is 5.97 Å². The molecule has 4 heteroatoms. The summed E-state index contributed by atoms with van der Waals surface area (Å²) in [6, 6.07) is -0.512. The number of nitrogens with one attached hydrogen (secondary N) is 1. The summed E-state index contributed by atoms with van der Waals surface area (Å²) in [4.78, 5) is 21.9. The first kappa shape index (κ1) is 13.9. The van der Waals surface area contributed by atoms with Gasteiger partial charge in [-0.3, -0.25) is 4.79 Å². The quantitative estimate of drug-likeness (QED) is 0.541. The molecule has 0 unspecified atom stereocenters. The van der Waals surface area contributed by atoms with Crippen LogP contribution in [-0.2, 0) is 14.3 Å². The summed E-state index contributed by atoms with van der Waals surface area (Å²) in [5, 5.41) is 2.48. The van der Waals surface area contributed by atoms with Gasteiger partial charge in [0, 0.05) is 0 Å². The van der Waals surface area contributed by atoms with Gasteiger partial charge in [-0.25, -0.2) is 4.79 Å². The van der Waals surface area contributed by atoms with Gasteiger partial charge in [-0.15, -0.1) is 0 Å². The van der Waals surface area contributed by atoms with Crippen molar-refractivity contribution in [2.24, 2.45) is 0 Å². The number of esters is 1. The zero-order valence-corrected chi connectivity index (χ0v) is 10.0. The molecule has 0 saturated carbocycles. The van der Waals surface area contributed by atoms with E-state index in [9.17, 15) is 9.59 Å². The van der Waals surface area contributed by atoms with Crippen LogP contribution >= 0.6 is 0 Å². The third-order valence-electron chi connectivity index (χ3n) is 1.81. The third-order valence-corrected chi connectivity index (χ3v) is 1.81. The summed E-state index contributed by atoms with van der Waals surface area (Å²) in [5.41, 5.74) is -0.508. The van der Waals surface area contributed by atoms with Crippen molar-refractivity contribution in [3.05, 3.63) is 0 Å². The molecule has 0 aromatic carbocycles. The molecule has 0 heterocycles. The van der Waals surface area contributed by atoms with E-state index in [0.29, 0.717) is 12.8 Å². The van der Waals surface area contributed by atoms with Gasteiger partial charge in [-0.2, -0.15) is 0 Å². The second-order valence-electron chi connectivity index (χ2n) is 4.51. The molecule has 0 fully saturated rings. The van der Waals surface area contributed by atoms with Crippen LogP contribution in [0.2, 0.25) is 0 Å². The molecule has 0 aliphatic carbocycles. The zero-order valence-electron chi connectivity index (χ0n) is 10.0. The molecule has 0 aliphatic rings. The normalized spacial score (nSPS) is 13.1. The van der Waals surface area contributed by atoms with Crippen molar-refractivity contribution < 1.29 is 14.3 Å². The fourth-order valence-corrected chi connectivity index (χ4v) is 1.13. The average molecular weight is 215 g/mol. The maximum atomic E-state index is 11.6. The molecule has 15 heavy (non-hydrogen) atoms. The number of ether oxygens (including phenoxy) is 1. The Hall–Kier alpha value is -1.06. The summed E-state index contributed by atoms with van der Waals surface area (Å²) < 4.78 is 5.19. The molecule has 1 N–H and O–H groups in total. The van der Waals surface area contributed by atoms with E-state index in [1.807, 2.05) is 27.7 Å². The van der Waals surface area contributed by atoms with Crippen LogP contribution in [0, 0.1) is 0 Å². The fraction of sp³-hybridized carbons (Fsp3) is 0.818. The molecular formula is C11H21NO3. The summed E-state index contributed by atoms with van der Waals surface area (Å²) in [6.07, 6.45) is 3.05. The van der Waals surface area contributed by atoms with Crippen LogP contribution in [0.3, 0.4) is 0 Å².